The summed E-state index contributed by atoms with van der Waals surface area (Å²) in [6, 6.07) is 9.95. The molecule has 5 nitrogen and oxygen atoms in total. The summed E-state index contributed by atoms with van der Waals surface area (Å²) in [6.45, 7) is 0. The highest BCUT2D eigenvalue weighted by atomic mass is 35.5. The average Bonchev–Trinajstić information content (AvgIpc) is 3.01. The minimum absolute atomic E-state index is 0.109. The van der Waals surface area contributed by atoms with Crippen LogP contribution in [0.1, 0.15) is 5.56 Å². The number of nitrogens with one attached hydrogen (secondary N) is 1. The summed E-state index contributed by atoms with van der Waals surface area (Å²) in [5, 5.41) is 12.5. The molecule has 0 saturated heterocycles. The minimum Gasteiger partial charge on any atom is -0.406 e. The van der Waals surface area contributed by atoms with Crippen LogP contribution >= 0.6 is 34.5 Å². The van der Waals surface area contributed by atoms with Crippen LogP contribution in [-0.2, 0) is 4.79 Å². The standard InChI is InChI=1S/C18H8Cl2F3N3O2S/c19-11-2-1-9(13(20)6-11)5-10(8-24)16(27)26-17-25-14-4-3-12(7-15(14)29-17)28-18(21,22)23/h1-7H,(H,25,26,27)/b10-5-. The number of benzene rings is 2. The van der Waals surface area contributed by atoms with Crippen LogP contribution in [-0.4, -0.2) is 17.3 Å². The van der Waals surface area contributed by atoms with Crippen LogP contribution < -0.4 is 10.1 Å². The van der Waals surface area contributed by atoms with E-state index in [4.69, 9.17) is 23.2 Å². The van der Waals surface area contributed by atoms with E-state index in [0.717, 1.165) is 23.5 Å². The Morgan fingerprint density at radius 2 is 2.00 bits per heavy atom. The maximum atomic E-state index is 12.4. The molecule has 0 saturated carbocycles. The summed E-state index contributed by atoms with van der Waals surface area (Å²) in [5.74, 6) is -1.15. The number of carbonyl (C=O) groups is 1. The third-order valence-electron chi connectivity index (χ3n) is 3.44. The van der Waals surface area contributed by atoms with Crippen molar-refractivity contribution in [2.75, 3.05) is 5.32 Å². The zero-order valence-corrected chi connectivity index (χ0v) is 16.4. The summed E-state index contributed by atoms with van der Waals surface area (Å²) < 4.78 is 41.2. The fourth-order valence-electron chi connectivity index (χ4n) is 2.24. The second-order valence-electron chi connectivity index (χ2n) is 5.49. The third-order valence-corrected chi connectivity index (χ3v) is 4.94. The largest absolute Gasteiger partial charge is 0.573 e. The number of hydrogen-bond acceptors (Lipinski definition) is 5. The molecule has 0 aliphatic carbocycles. The van der Waals surface area contributed by atoms with E-state index >= 15 is 0 Å². The summed E-state index contributed by atoms with van der Waals surface area (Å²) in [6.07, 6.45) is -3.53. The van der Waals surface area contributed by atoms with Gasteiger partial charge >= 0.3 is 6.36 Å². The highest BCUT2D eigenvalue weighted by Crippen LogP contribution is 2.32. The lowest BCUT2D eigenvalue weighted by molar-refractivity contribution is -0.274. The SMILES string of the molecule is N#C/C(=C/c1ccc(Cl)cc1Cl)C(=O)Nc1nc2ccc(OC(F)(F)F)cc2s1. The normalized spacial score (nSPS) is 11.9. The van der Waals surface area contributed by atoms with Gasteiger partial charge in [0.2, 0.25) is 0 Å². The predicted octanol–water partition coefficient (Wildman–Crippen LogP) is 6.05. The highest BCUT2D eigenvalue weighted by molar-refractivity contribution is 7.22. The molecule has 0 aliphatic rings. The second kappa shape index (κ2) is 8.29. The molecule has 0 unspecified atom stereocenters. The van der Waals surface area contributed by atoms with Gasteiger partial charge in [0, 0.05) is 16.1 Å². The molecular formula is C18H8Cl2F3N3O2S. The van der Waals surface area contributed by atoms with Gasteiger partial charge in [0.25, 0.3) is 5.91 Å². The van der Waals surface area contributed by atoms with Crippen molar-refractivity contribution in [1.82, 2.24) is 4.98 Å². The molecule has 1 amide bonds. The molecule has 0 bridgehead atoms. The molecule has 148 valence electrons. The van der Waals surface area contributed by atoms with Gasteiger partial charge in [-0.05, 0) is 35.9 Å². The minimum atomic E-state index is -4.81. The van der Waals surface area contributed by atoms with Crippen LogP contribution in [0.4, 0.5) is 18.3 Å². The first-order valence-electron chi connectivity index (χ1n) is 7.69. The molecule has 2 aromatic carbocycles. The summed E-state index contributed by atoms with van der Waals surface area (Å²) >= 11 is 12.8. The number of carbonyl (C=O) groups excluding carboxylic acids is 1. The van der Waals surface area contributed by atoms with Crippen molar-refractivity contribution in [3.8, 4) is 11.8 Å². The van der Waals surface area contributed by atoms with Gasteiger partial charge in [-0.1, -0.05) is 40.6 Å². The van der Waals surface area contributed by atoms with E-state index in [1.807, 2.05) is 0 Å². The Balaban J connectivity index is 1.82. The van der Waals surface area contributed by atoms with Crippen molar-refractivity contribution in [1.29, 1.82) is 5.26 Å². The zero-order chi connectivity index (χ0) is 21.2. The van der Waals surface area contributed by atoms with Crippen molar-refractivity contribution in [3.05, 3.63) is 57.6 Å². The Labute approximate surface area is 175 Å². The van der Waals surface area contributed by atoms with Gasteiger partial charge in [-0.15, -0.1) is 13.2 Å². The quantitative estimate of drug-likeness (QED) is 0.382. The maximum absolute atomic E-state index is 12.4. The Morgan fingerprint density at radius 1 is 1.24 bits per heavy atom. The summed E-state index contributed by atoms with van der Waals surface area (Å²) in [7, 11) is 0. The van der Waals surface area contributed by atoms with Crippen LogP contribution in [0.5, 0.6) is 5.75 Å². The number of fused-ring (bicyclic) bond motifs is 1. The van der Waals surface area contributed by atoms with E-state index in [2.05, 4.69) is 15.0 Å². The van der Waals surface area contributed by atoms with Gasteiger partial charge in [-0.2, -0.15) is 5.26 Å². The molecule has 0 fully saturated rings. The van der Waals surface area contributed by atoms with E-state index < -0.39 is 18.0 Å². The Hall–Kier alpha value is -2.80. The second-order valence-corrected chi connectivity index (χ2v) is 7.36. The van der Waals surface area contributed by atoms with Crippen LogP contribution in [0.2, 0.25) is 10.0 Å². The van der Waals surface area contributed by atoms with E-state index in [1.165, 1.54) is 18.2 Å². The fraction of sp³-hybridized carbons (Fsp3) is 0.0556. The van der Waals surface area contributed by atoms with Crippen LogP contribution in [0.3, 0.4) is 0 Å². The van der Waals surface area contributed by atoms with Gasteiger partial charge in [0.1, 0.15) is 17.4 Å². The monoisotopic (exact) mass is 457 g/mol. The molecule has 0 atom stereocenters. The number of nitrogens with zero attached hydrogens (tertiary/aromatic N) is 2. The van der Waals surface area contributed by atoms with E-state index in [9.17, 15) is 23.2 Å². The lowest BCUT2D eigenvalue weighted by Crippen LogP contribution is -2.16. The molecule has 1 aromatic heterocycles. The number of anilines is 1. The van der Waals surface area contributed by atoms with Gasteiger partial charge in [0.15, 0.2) is 5.13 Å². The van der Waals surface area contributed by atoms with Crippen LogP contribution in [0, 0.1) is 11.3 Å². The van der Waals surface area contributed by atoms with Crippen molar-refractivity contribution < 1.29 is 22.7 Å². The molecular weight excluding hydrogens is 450 g/mol. The number of aromatic nitrogens is 1. The number of rotatable bonds is 4. The van der Waals surface area contributed by atoms with E-state index in [1.54, 1.807) is 18.2 Å². The zero-order valence-electron chi connectivity index (χ0n) is 14.1. The topological polar surface area (TPSA) is 75.0 Å². The highest BCUT2D eigenvalue weighted by Gasteiger charge is 2.31. The molecule has 11 heteroatoms. The number of amides is 1. The first-order valence-corrected chi connectivity index (χ1v) is 9.26. The molecule has 3 rings (SSSR count). The number of hydrogen-bond donors (Lipinski definition) is 1. The fourth-order valence-corrected chi connectivity index (χ4v) is 3.60. The summed E-state index contributed by atoms with van der Waals surface area (Å²) in [5.41, 5.74) is 0.540. The molecule has 29 heavy (non-hydrogen) atoms. The Bertz CT molecular complexity index is 1170. The first kappa shape index (κ1) is 20.9. The molecule has 0 aliphatic heterocycles. The predicted molar refractivity (Wildman–Crippen MR) is 105 cm³/mol. The molecule has 1 heterocycles. The number of nitriles is 1. The maximum Gasteiger partial charge on any atom is 0.573 e. The number of thiazole rings is 1. The van der Waals surface area contributed by atoms with Crippen molar-refractivity contribution in [2.45, 2.75) is 6.36 Å². The molecule has 1 N–H and O–H groups in total. The van der Waals surface area contributed by atoms with Crippen molar-refractivity contribution >= 4 is 61.9 Å². The lowest BCUT2D eigenvalue weighted by Gasteiger charge is -2.07. The van der Waals surface area contributed by atoms with Crippen LogP contribution in [0.15, 0.2) is 42.0 Å². The first-order chi connectivity index (χ1) is 13.6. The molecule has 3 aromatic rings. The van der Waals surface area contributed by atoms with Gasteiger partial charge in [-0.25, -0.2) is 4.98 Å². The van der Waals surface area contributed by atoms with Gasteiger partial charge in [0.05, 0.1) is 10.2 Å². The number of ether oxygens (including phenoxy) is 1. The average molecular weight is 458 g/mol. The molecule has 0 radical (unpaired) electrons. The number of halogens is 5. The van der Waals surface area contributed by atoms with Crippen molar-refractivity contribution in [2.24, 2.45) is 0 Å². The van der Waals surface area contributed by atoms with Crippen molar-refractivity contribution in [3.63, 3.8) is 0 Å². The van der Waals surface area contributed by atoms with E-state index in [0.29, 0.717) is 20.8 Å². The lowest BCUT2D eigenvalue weighted by atomic mass is 10.1. The Morgan fingerprint density at radius 3 is 2.66 bits per heavy atom. The Kier molecular flexibility index (Phi) is 5.98. The van der Waals surface area contributed by atoms with E-state index in [-0.39, 0.29) is 15.7 Å². The molecule has 0 spiro atoms. The summed E-state index contributed by atoms with van der Waals surface area (Å²) in [4.78, 5) is 16.5. The smallest absolute Gasteiger partial charge is 0.406 e. The van der Waals surface area contributed by atoms with Gasteiger partial charge in [-0.3, -0.25) is 10.1 Å². The third kappa shape index (κ3) is 5.38. The van der Waals surface area contributed by atoms with Gasteiger partial charge < -0.3 is 4.74 Å². The number of alkyl halides is 3. The van der Waals surface area contributed by atoms with Crippen LogP contribution in [0.25, 0.3) is 16.3 Å².